The van der Waals surface area contributed by atoms with Gasteiger partial charge in [0.15, 0.2) is 10.9 Å². The van der Waals surface area contributed by atoms with Gasteiger partial charge >= 0.3 is 0 Å². The summed E-state index contributed by atoms with van der Waals surface area (Å²) in [6.07, 6.45) is 3.18. The normalized spacial score (nSPS) is 13.6. The van der Waals surface area contributed by atoms with E-state index in [1.807, 2.05) is 89.8 Å². The van der Waals surface area contributed by atoms with Crippen LogP contribution in [-0.2, 0) is 4.79 Å². The Morgan fingerprint density at radius 2 is 1.57 bits per heavy atom. The first-order valence-corrected chi connectivity index (χ1v) is 12.4. The van der Waals surface area contributed by atoms with Crippen molar-refractivity contribution in [2.45, 2.75) is 0 Å². The van der Waals surface area contributed by atoms with Gasteiger partial charge in [-0.05, 0) is 60.3 Å². The SMILES string of the molecule is O=C(/C=C/c1ccccc1)NC(=S)Nc1ccc(N2CCN(C(=O)c3cc4ccccc4o3)CC2)cc1. The highest BCUT2D eigenvalue weighted by molar-refractivity contribution is 7.80. The zero-order valence-corrected chi connectivity index (χ0v) is 20.9. The molecule has 0 unspecified atom stereocenters. The number of carbonyl (C=O) groups is 2. The van der Waals surface area contributed by atoms with Gasteiger partial charge in [0.2, 0.25) is 5.91 Å². The number of carbonyl (C=O) groups excluding carboxylic acids is 2. The highest BCUT2D eigenvalue weighted by Gasteiger charge is 2.24. The van der Waals surface area contributed by atoms with Crippen molar-refractivity contribution >= 4 is 57.6 Å². The summed E-state index contributed by atoms with van der Waals surface area (Å²) in [5.41, 5.74) is 3.50. The first-order chi connectivity index (χ1) is 18.0. The van der Waals surface area contributed by atoms with Gasteiger partial charge in [-0.15, -0.1) is 0 Å². The lowest BCUT2D eigenvalue weighted by Crippen LogP contribution is -2.48. The number of amides is 2. The number of benzene rings is 3. The molecular weight excluding hydrogens is 484 g/mol. The topological polar surface area (TPSA) is 77.8 Å². The number of rotatable bonds is 5. The second-order valence-corrected chi connectivity index (χ2v) is 9.07. The summed E-state index contributed by atoms with van der Waals surface area (Å²) >= 11 is 5.27. The molecule has 2 amide bonds. The number of piperazine rings is 1. The molecule has 8 heteroatoms. The number of hydrogen-bond donors (Lipinski definition) is 2. The third-order valence-electron chi connectivity index (χ3n) is 6.16. The summed E-state index contributed by atoms with van der Waals surface area (Å²) in [6, 6.07) is 26.9. The molecule has 1 aliphatic heterocycles. The number of thiocarbonyl (C=S) groups is 1. The van der Waals surface area contributed by atoms with Gasteiger partial charge in [0.1, 0.15) is 5.58 Å². The average molecular weight is 511 g/mol. The Labute approximate surface area is 220 Å². The van der Waals surface area contributed by atoms with Crippen LogP contribution >= 0.6 is 12.2 Å². The molecule has 1 aromatic heterocycles. The summed E-state index contributed by atoms with van der Waals surface area (Å²) in [7, 11) is 0. The van der Waals surface area contributed by atoms with E-state index in [0.29, 0.717) is 18.8 Å². The van der Waals surface area contributed by atoms with Crippen LogP contribution in [0.2, 0.25) is 0 Å². The lowest BCUT2D eigenvalue weighted by Gasteiger charge is -2.35. The standard InChI is InChI=1S/C29H26N4O3S/c34-27(15-10-21-6-2-1-3-7-21)31-29(37)30-23-11-13-24(14-12-23)32-16-18-33(19-17-32)28(35)26-20-22-8-4-5-9-25(22)36-26/h1-15,20H,16-19H2,(H2,30,31,34,37)/b15-10+. The monoisotopic (exact) mass is 510 g/mol. The van der Waals surface area contributed by atoms with E-state index in [9.17, 15) is 9.59 Å². The summed E-state index contributed by atoms with van der Waals surface area (Å²) in [5, 5.41) is 6.85. The van der Waals surface area contributed by atoms with Crippen LogP contribution in [-0.4, -0.2) is 48.0 Å². The molecule has 4 aromatic rings. The predicted octanol–water partition coefficient (Wildman–Crippen LogP) is 4.92. The molecule has 0 atom stereocenters. The Kier molecular flexibility index (Phi) is 7.28. The van der Waals surface area contributed by atoms with E-state index < -0.39 is 0 Å². The first-order valence-electron chi connectivity index (χ1n) is 12.0. The van der Waals surface area contributed by atoms with Crippen LogP contribution < -0.4 is 15.5 Å². The smallest absolute Gasteiger partial charge is 0.289 e. The lowest BCUT2D eigenvalue weighted by atomic mass is 10.2. The average Bonchev–Trinajstić information content (AvgIpc) is 3.37. The van der Waals surface area contributed by atoms with Gasteiger partial charge in [-0.3, -0.25) is 14.9 Å². The van der Waals surface area contributed by atoms with Crippen LogP contribution in [0.3, 0.4) is 0 Å². The molecule has 3 aromatic carbocycles. The molecule has 0 spiro atoms. The fraction of sp³-hybridized carbons (Fsp3) is 0.138. The molecular formula is C29H26N4O3S. The molecule has 1 fully saturated rings. The van der Waals surface area contributed by atoms with Crippen LogP contribution in [0.1, 0.15) is 16.1 Å². The zero-order valence-electron chi connectivity index (χ0n) is 20.1. The second kappa shape index (κ2) is 11.1. The van der Waals surface area contributed by atoms with Crippen molar-refractivity contribution in [2.75, 3.05) is 36.4 Å². The number of hydrogen-bond acceptors (Lipinski definition) is 5. The Bertz CT molecular complexity index is 1410. The number of anilines is 2. The second-order valence-electron chi connectivity index (χ2n) is 8.66. The van der Waals surface area contributed by atoms with E-state index >= 15 is 0 Å². The number of furan rings is 1. The molecule has 0 radical (unpaired) electrons. The molecule has 5 rings (SSSR count). The maximum Gasteiger partial charge on any atom is 0.289 e. The van der Waals surface area contributed by atoms with Crippen LogP contribution in [0.25, 0.3) is 17.0 Å². The molecule has 0 saturated carbocycles. The minimum atomic E-state index is -0.298. The largest absolute Gasteiger partial charge is 0.451 e. The molecule has 7 nitrogen and oxygen atoms in total. The van der Waals surface area contributed by atoms with E-state index in [2.05, 4.69) is 15.5 Å². The Morgan fingerprint density at radius 1 is 0.865 bits per heavy atom. The third-order valence-corrected chi connectivity index (χ3v) is 6.36. The minimum Gasteiger partial charge on any atom is -0.451 e. The molecule has 1 aliphatic rings. The highest BCUT2D eigenvalue weighted by atomic mass is 32.1. The van der Waals surface area contributed by atoms with E-state index in [1.165, 1.54) is 6.08 Å². The quantitative estimate of drug-likeness (QED) is 0.293. The zero-order chi connectivity index (χ0) is 25.6. The summed E-state index contributed by atoms with van der Waals surface area (Å²) in [4.78, 5) is 29.1. The Morgan fingerprint density at radius 3 is 2.30 bits per heavy atom. The fourth-order valence-corrected chi connectivity index (χ4v) is 4.44. The maximum atomic E-state index is 12.9. The van der Waals surface area contributed by atoms with Crippen molar-refractivity contribution < 1.29 is 14.0 Å². The van der Waals surface area contributed by atoms with Crippen molar-refractivity contribution in [1.82, 2.24) is 10.2 Å². The molecule has 186 valence electrons. The highest BCUT2D eigenvalue weighted by Crippen LogP contribution is 2.23. The molecule has 2 heterocycles. The summed E-state index contributed by atoms with van der Waals surface area (Å²) in [6.45, 7) is 2.67. The van der Waals surface area contributed by atoms with Crippen LogP contribution in [0.5, 0.6) is 0 Å². The van der Waals surface area contributed by atoms with Gasteiger partial charge in [0.05, 0.1) is 0 Å². The lowest BCUT2D eigenvalue weighted by molar-refractivity contribution is -0.115. The van der Waals surface area contributed by atoms with Crippen LogP contribution in [0.4, 0.5) is 11.4 Å². The van der Waals surface area contributed by atoms with Gasteiger partial charge in [-0.2, -0.15) is 0 Å². The van der Waals surface area contributed by atoms with E-state index in [0.717, 1.165) is 41.0 Å². The Balaban J connectivity index is 1.10. The Hall–Kier alpha value is -4.43. The van der Waals surface area contributed by atoms with Gasteiger partial charge in [0, 0.05) is 49.0 Å². The van der Waals surface area contributed by atoms with Crippen molar-refractivity contribution in [3.63, 3.8) is 0 Å². The maximum absolute atomic E-state index is 12.9. The molecule has 0 bridgehead atoms. The molecule has 0 aliphatic carbocycles. The van der Waals surface area contributed by atoms with Gasteiger partial charge in [-0.1, -0.05) is 48.5 Å². The van der Waals surface area contributed by atoms with E-state index in [4.69, 9.17) is 16.6 Å². The van der Waals surface area contributed by atoms with Crippen molar-refractivity contribution in [3.05, 3.63) is 102 Å². The van der Waals surface area contributed by atoms with Crippen molar-refractivity contribution in [3.8, 4) is 0 Å². The first kappa shape index (κ1) is 24.3. The number of para-hydroxylation sites is 1. The fourth-order valence-electron chi connectivity index (χ4n) is 4.22. The van der Waals surface area contributed by atoms with Gasteiger partial charge in [-0.25, -0.2) is 0 Å². The van der Waals surface area contributed by atoms with Gasteiger partial charge in [0.25, 0.3) is 5.91 Å². The van der Waals surface area contributed by atoms with Gasteiger partial charge < -0.3 is 19.5 Å². The van der Waals surface area contributed by atoms with Crippen molar-refractivity contribution in [1.29, 1.82) is 0 Å². The predicted molar refractivity (Wildman–Crippen MR) is 151 cm³/mol. The van der Waals surface area contributed by atoms with Crippen molar-refractivity contribution in [2.24, 2.45) is 0 Å². The van der Waals surface area contributed by atoms with Crippen LogP contribution in [0.15, 0.2) is 95.4 Å². The summed E-state index contributed by atoms with van der Waals surface area (Å²) < 4.78 is 5.74. The molecule has 37 heavy (non-hydrogen) atoms. The van der Waals surface area contributed by atoms with E-state index in [-0.39, 0.29) is 16.9 Å². The van der Waals surface area contributed by atoms with Crippen LogP contribution in [0, 0.1) is 0 Å². The number of nitrogens with one attached hydrogen (secondary N) is 2. The number of nitrogens with zero attached hydrogens (tertiary/aromatic N) is 2. The van der Waals surface area contributed by atoms with E-state index in [1.54, 1.807) is 6.08 Å². The third kappa shape index (κ3) is 6.05. The molecule has 1 saturated heterocycles. The summed E-state index contributed by atoms with van der Waals surface area (Å²) in [5.74, 6) is 0.00121. The number of fused-ring (bicyclic) bond motifs is 1. The molecule has 2 N–H and O–H groups in total. The minimum absolute atomic E-state index is 0.0791.